The van der Waals surface area contributed by atoms with Crippen LogP contribution in [0.1, 0.15) is 75.6 Å². The summed E-state index contributed by atoms with van der Waals surface area (Å²) >= 11 is 1.45. The summed E-state index contributed by atoms with van der Waals surface area (Å²) in [6, 6.07) is 16.2. The van der Waals surface area contributed by atoms with Gasteiger partial charge >= 0.3 is 0 Å². The zero-order valence-electron chi connectivity index (χ0n) is 34.5. The number of nitrogens with one attached hydrogen (secondary N) is 2. The molecule has 0 bridgehead atoms. The van der Waals surface area contributed by atoms with Gasteiger partial charge in [0.15, 0.2) is 0 Å². The number of nitrogens with two attached hydrogens (primary N) is 3. The maximum absolute atomic E-state index is 13.2. The van der Waals surface area contributed by atoms with Gasteiger partial charge in [-0.1, -0.05) is 38.5 Å². The Balaban J connectivity index is 0.000000170. The van der Waals surface area contributed by atoms with Crippen LogP contribution in [0.5, 0.6) is 0 Å². The third-order valence-corrected chi connectivity index (χ3v) is 14.7. The molecule has 4 aromatic heterocycles. The van der Waals surface area contributed by atoms with Crippen molar-refractivity contribution in [2.75, 3.05) is 23.4 Å². The van der Waals surface area contributed by atoms with Crippen molar-refractivity contribution in [3.05, 3.63) is 84.4 Å². The van der Waals surface area contributed by atoms with Crippen molar-refractivity contribution >= 4 is 93.9 Å². The standard InChI is InChI=1S/C21H22N6O3S2.C20H23N7O2S.H3N/c1-31-18-16-11-13-12-23-20(24-14-5-7-15(8-6-14)32(22,29)30)25-17(13)27(16)21(19(28)26-18)9-3-2-4-10-21;21-17-16-10-13-11-23-19(25-14-4-6-15(7-5-14)30(22,28)29)26-18(13)27(16)20(12-24-17)8-2-1-3-9-20;/h5-8,11-12H,2-4,9-10H2,1H3,(H2,22,29,30)(H,23,24,25);4-7,10-11H,1-3,8-9,12H2,(H2,21,24)(H2,22,28,29)(H,23,25,26);1H3. The molecule has 0 atom stereocenters. The summed E-state index contributed by atoms with van der Waals surface area (Å²) in [5.41, 5.74) is 10.1. The number of carbonyl (C=O) groups is 1. The van der Waals surface area contributed by atoms with E-state index in [4.69, 9.17) is 26.0 Å². The van der Waals surface area contributed by atoms with Gasteiger partial charge in [0.25, 0.3) is 5.91 Å². The first kappa shape index (κ1) is 43.9. The van der Waals surface area contributed by atoms with E-state index in [1.807, 2.05) is 18.4 Å². The number of fused-ring (bicyclic) bond motifs is 8. The lowest BCUT2D eigenvalue weighted by Crippen LogP contribution is -2.47. The molecule has 6 aromatic rings. The fourth-order valence-electron chi connectivity index (χ4n) is 9.12. The van der Waals surface area contributed by atoms with E-state index in [0.717, 1.165) is 72.8 Å². The molecular formula is C41H48N14O5S3. The predicted molar refractivity (Wildman–Crippen MR) is 245 cm³/mol. The van der Waals surface area contributed by atoms with Crippen LogP contribution < -0.4 is 32.8 Å². The number of carbonyl (C=O) groups excluding carboxylic acids is 1. The first-order valence-electron chi connectivity index (χ1n) is 20.2. The molecule has 63 heavy (non-hydrogen) atoms. The number of nitrogens with zero attached hydrogens (tertiary/aromatic N) is 8. The van der Waals surface area contributed by atoms with Crippen molar-refractivity contribution in [2.45, 2.75) is 85.1 Å². The Labute approximate surface area is 368 Å². The Hall–Kier alpha value is -5.78. The van der Waals surface area contributed by atoms with Crippen LogP contribution in [-0.4, -0.2) is 75.5 Å². The van der Waals surface area contributed by atoms with E-state index in [2.05, 4.69) is 39.7 Å². The number of thioether (sulfide) groups is 1. The first-order valence-corrected chi connectivity index (χ1v) is 24.5. The number of amides is 1. The number of amidine groups is 1. The smallest absolute Gasteiger partial charge is 0.273 e. The molecule has 2 aromatic carbocycles. The van der Waals surface area contributed by atoms with Crippen molar-refractivity contribution in [3.63, 3.8) is 0 Å². The molecular weight excluding hydrogens is 865 g/mol. The molecule has 2 spiro atoms. The Morgan fingerprint density at radius 2 is 1.16 bits per heavy atom. The van der Waals surface area contributed by atoms with Crippen molar-refractivity contribution in [2.24, 2.45) is 26.0 Å². The SMILES string of the molecule is CSC1=NC(=O)C2(CCCCC2)n2c1cc1cnc(Nc3ccc(S(N)(=O)=O)cc3)nc12.N.NC1=NCC2(CCCCC2)n2c1cc1cnc(Nc3ccc(S(N)(=O)=O)cc3)nc12. The number of hydrogen-bond acceptors (Lipinski definition) is 15. The number of aromatic nitrogens is 6. The van der Waals surface area contributed by atoms with E-state index >= 15 is 0 Å². The van der Waals surface area contributed by atoms with Crippen LogP contribution >= 0.6 is 11.8 Å². The second-order valence-electron chi connectivity index (χ2n) is 16.1. The number of anilines is 4. The van der Waals surface area contributed by atoms with Gasteiger partial charge in [-0.2, -0.15) is 9.97 Å². The quantitative estimate of drug-likeness (QED) is 0.120. The summed E-state index contributed by atoms with van der Waals surface area (Å²) in [5.74, 6) is 1.22. The van der Waals surface area contributed by atoms with Crippen LogP contribution in [0.3, 0.4) is 0 Å². The second-order valence-corrected chi connectivity index (χ2v) is 20.0. The van der Waals surface area contributed by atoms with E-state index in [1.165, 1.54) is 55.3 Å². The number of aliphatic imine (C=N–C) groups is 2. The van der Waals surface area contributed by atoms with Crippen LogP contribution in [-0.2, 0) is 35.9 Å². The van der Waals surface area contributed by atoms with Gasteiger partial charge in [-0.05, 0) is 92.6 Å². The molecule has 6 heterocycles. The van der Waals surface area contributed by atoms with Crippen molar-refractivity contribution in [3.8, 4) is 0 Å². The molecule has 1 amide bonds. The number of rotatable bonds is 6. The summed E-state index contributed by atoms with van der Waals surface area (Å²) in [4.78, 5) is 40.7. The molecule has 22 heteroatoms. The molecule has 10 rings (SSSR count). The van der Waals surface area contributed by atoms with E-state index in [0.29, 0.717) is 46.3 Å². The Morgan fingerprint density at radius 1 is 0.683 bits per heavy atom. The largest absolute Gasteiger partial charge is 0.382 e. The summed E-state index contributed by atoms with van der Waals surface area (Å²) in [7, 11) is -7.49. The van der Waals surface area contributed by atoms with Gasteiger partial charge in [0.1, 0.15) is 27.7 Å². The number of hydrogen-bond donors (Lipinski definition) is 6. The van der Waals surface area contributed by atoms with Gasteiger partial charge in [0.2, 0.25) is 31.9 Å². The predicted octanol–water partition coefficient (Wildman–Crippen LogP) is 5.49. The number of sulfonamides is 2. The topological polar surface area (TPSA) is 309 Å². The third-order valence-electron chi connectivity index (χ3n) is 12.1. The third kappa shape index (κ3) is 8.17. The fraction of sp³-hybridized carbons (Fsp3) is 0.341. The monoisotopic (exact) mass is 912 g/mol. The molecule has 330 valence electrons. The Kier molecular flexibility index (Phi) is 11.6. The summed E-state index contributed by atoms with van der Waals surface area (Å²) in [6.45, 7) is 0.678. The molecule has 2 fully saturated rings. The lowest BCUT2D eigenvalue weighted by molar-refractivity contribution is -0.128. The normalized spacial score (nSPS) is 17.8. The maximum atomic E-state index is 13.2. The van der Waals surface area contributed by atoms with E-state index in [-0.39, 0.29) is 27.4 Å². The van der Waals surface area contributed by atoms with Gasteiger partial charge in [-0.25, -0.2) is 42.1 Å². The number of benzene rings is 2. The van der Waals surface area contributed by atoms with E-state index in [9.17, 15) is 21.6 Å². The molecule has 0 saturated heterocycles. The highest BCUT2D eigenvalue weighted by molar-refractivity contribution is 8.13. The zero-order chi connectivity index (χ0) is 43.4. The average molecular weight is 913 g/mol. The second kappa shape index (κ2) is 16.7. The van der Waals surface area contributed by atoms with Gasteiger partial charge in [-0.3, -0.25) is 9.79 Å². The summed E-state index contributed by atoms with van der Waals surface area (Å²) in [5, 5.41) is 19.0. The van der Waals surface area contributed by atoms with Crippen LogP contribution in [0.25, 0.3) is 22.1 Å². The van der Waals surface area contributed by atoms with E-state index in [1.54, 1.807) is 36.7 Å². The van der Waals surface area contributed by atoms with E-state index < -0.39 is 25.6 Å². The minimum atomic E-state index is -3.76. The number of primary sulfonamides is 2. The highest BCUT2D eigenvalue weighted by Gasteiger charge is 2.47. The van der Waals surface area contributed by atoms with Crippen molar-refractivity contribution in [1.29, 1.82) is 0 Å². The molecule has 11 N–H and O–H groups in total. The Bertz CT molecular complexity index is 3030. The highest BCUT2D eigenvalue weighted by atomic mass is 32.2. The van der Waals surface area contributed by atoms with Gasteiger partial charge < -0.3 is 31.7 Å². The fourth-order valence-corrected chi connectivity index (χ4v) is 10.7. The highest BCUT2D eigenvalue weighted by Crippen LogP contribution is 2.44. The molecule has 0 radical (unpaired) electrons. The average Bonchev–Trinajstić information content (AvgIpc) is 3.85. The lowest BCUT2D eigenvalue weighted by atomic mass is 9.80. The minimum Gasteiger partial charge on any atom is -0.382 e. The zero-order valence-corrected chi connectivity index (χ0v) is 36.9. The molecule has 2 aliphatic carbocycles. The molecule has 0 unspecified atom stereocenters. The van der Waals surface area contributed by atoms with Crippen LogP contribution in [0.4, 0.5) is 23.3 Å². The van der Waals surface area contributed by atoms with Crippen LogP contribution in [0.15, 0.2) is 92.8 Å². The minimum absolute atomic E-state index is 0. The van der Waals surface area contributed by atoms with Crippen molar-refractivity contribution < 1.29 is 21.6 Å². The molecule has 2 aliphatic heterocycles. The first-order chi connectivity index (χ1) is 29.7. The van der Waals surface area contributed by atoms with Gasteiger partial charge in [0.05, 0.1) is 33.3 Å². The molecule has 4 aliphatic rings. The summed E-state index contributed by atoms with van der Waals surface area (Å²) in [6.07, 6.45) is 15.7. The lowest BCUT2D eigenvalue weighted by Gasteiger charge is -2.41. The van der Waals surface area contributed by atoms with Crippen molar-refractivity contribution in [1.82, 2.24) is 35.2 Å². The summed E-state index contributed by atoms with van der Waals surface area (Å²) < 4.78 is 50.2. The van der Waals surface area contributed by atoms with Crippen LogP contribution in [0.2, 0.25) is 0 Å². The van der Waals surface area contributed by atoms with Gasteiger partial charge in [-0.15, -0.1) is 11.8 Å². The Morgan fingerprint density at radius 3 is 1.65 bits per heavy atom. The molecule has 19 nitrogen and oxygen atoms in total. The van der Waals surface area contributed by atoms with Gasteiger partial charge in [0, 0.05) is 34.5 Å². The van der Waals surface area contributed by atoms with Crippen LogP contribution in [0, 0.1) is 0 Å². The maximum Gasteiger partial charge on any atom is 0.273 e. The molecule has 2 saturated carbocycles.